The van der Waals surface area contributed by atoms with Gasteiger partial charge >= 0.3 is 0 Å². The van der Waals surface area contributed by atoms with E-state index < -0.39 is 5.82 Å². The fourth-order valence-electron chi connectivity index (χ4n) is 1.03. The summed E-state index contributed by atoms with van der Waals surface area (Å²) >= 11 is 5.56. The first-order chi connectivity index (χ1) is 6.77. The first kappa shape index (κ1) is 9.02. The molecule has 0 aromatic carbocycles. The Hall–Kier alpha value is -1.55. The molecule has 0 atom stereocenters. The van der Waals surface area contributed by atoms with Gasteiger partial charge in [0.25, 0.3) is 0 Å². The molecule has 0 aliphatic heterocycles. The summed E-state index contributed by atoms with van der Waals surface area (Å²) in [5, 5.41) is 0.281. The predicted octanol–water partition coefficient (Wildman–Crippen LogP) is 2.33. The van der Waals surface area contributed by atoms with Crippen LogP contribution in [0.2, 0.25) is 5.15 Å². The van der Waals surface area contributed by atoms with E-state index in [0.717, 1.165) is 6.20 Å². The third-order valence-corrected chi connectivity index (χ3v) is 1.86. The van der Waals surface area contributed by atoms with E-state index in [4.69, 9.17) is 11.6 Å². The highest BCUT2D eigenvalue weighted by atomic mass is 35.5. The van der Waals surface area contributed by atoms with Crippen molar-refractivity contribution in [3.8, 4) is 11.3 Å². The number of hydrogen-bond acceptors (Lipinski definition) is 3. The number of pyridine rings is 1. The molecule has 0 spiro atoms. The maximum atomic E-state index is 13.2. The van der Waals surface area contributed by atoms with Gasteiger partial charge in [-0.2, -0.15) is 0 Å². The van der Waals surface area contributed by atoms with Crippen molar-refractivity contribution in [2.75, 3.05) is 0 Å². The Bertz CT molecular complexity index is 444. The molecule has 2 aromatic heterocycles. The van der Waals surface area contributed by atoms with Crippen LogP contribution < -0.4 is 0 Å². The van der Waals surface area contributed by atoms with Gasteiger partial charge in [-0.15, -0.1) is 0 Å². The number of rotatable bonds is 1. The van der Waals surface area contributed by atoms with E-state index in [1.54, 1.807) is 0 Å². The first-order valence-electron chi connectivity index (χ1n) is 3.85. The molecule has 70 valence electrons. The summed E-state index contributed by atoms with van der Waals surface area (Å²) < 4.78 is 13.2. The van der Waals surface area contributed by atoms with Gasteiger partial charge in [0.1, 0.15) is 5.15 Å². The largest absolute Gasteiger partial charge is 0.262 e. The topological polar surface area (TPSA) is 38.7 Å². The van der Waals surface area contributed by atoms with Crippen LogP contribution in [0, 0.1) is 5.82 Å². The average molecular weight is 210 g/mol. The van der Waals surface area contributed by atoms with E-state index in [9.17, 15) is 4.39 Å². The molecule has 0 aliphatic carbocycles. The van der Waals surface area contributed by atoms with E-state index >= 15 is 0 Å². The number of hydrogen-bond donors (Lipinski definition) is 0. The minimum absolute atomic E-state index is 0.281. The molecule has 0 bridgehead atoms. The molecule has 0 aliphatic rings. The van der Waals surface area contributed by atoms with Crippen LogP contribution in [0.1, 0.15) is 0 Å². The van der Waals surface area contributed by atoms with Crippen LogP contribution in [-0.2, 0) is 0 Å². The maximum Gasteiger partial charge on any atom is 0.150 e. The Morgan fingerprint density at radius 3 is 2.64 bits per heavy atom. The van der Waals surface area contributed by atoms with Gasteiger partial charge in [0, 0.05) is 11.8 Å². The maximum absolute atomic E-state index is 13.2. The van der Waals surface area contributed by atoms with Gasteiger partial charge in [-0.05, 0) is 6.07 Å². The predicted molar refractivity (Wildman–Crippen MR) is 50.2 cm³/mol. The highest BCUT2D eigenvalue weighted by Gasteiger charge is 2.05. The molecule has 0 amide bonds. The molecule has 0 unspecified atom stereocenters. The van der Waals surface area contributed by atoms with Crippen molar-refractivity contribution in [2.24, 2.45) is 0 Å². The lowest BCUT2D eigenvalue weighted by Gasteiger charge is -2.00. The fraction of sp³-hybridized carbons (Fsp3) is 0. The van der Waals surface area contributed by atoms with Crippen molar-refractivity contribution >= 4 is 11.6 Å². The Balaban J connectivity index is 2.50. The molecule has 5 heteroatoms. The smallest absolute Gasteiger partial charge is 0.150 e. The molecule has 0 N–H and O–H groups in total. The van der Waals surface area contributed by atoms with Gasteiger partial charge in [0.05, 0.1) is 24.3 Å². The summed E-state index contributed by atoms with van der Waals surface area (Å²) in [6.45, 7) is 0. The Labute approximate surface area is 84.6 Å². The minimum atomic E-state index is -0.427. The molecule has 2 aromatic rings. The second-order valence-electron chi connectivity index (χ2n) is 2.58. The number of nitrogens with zero attached hydrogens (tertiary/aromatic N) is 3. The van der Waals surface area contributed by atoms with Gasteiger partial charge in [-0.3, -0.25) is 9.97 Å². The van der Waals surface area contributed by atoms with Crippen molar-refractivity contribution in [2.45, 2.75) is 0 Å². The summed E-state index contributed by atoms with van der Waals surface area (Å²) in [4.78, 5) is 11.4. The van der Waals surface area contributed by atoms with E-state index in [1.165, 1.54) is 24.7 Å². The molecule has 2 heterocycles. The lowest BCUT2D eigenvalue weighted by atomic mass is 10.2. The van der Waals surface area contributed by atoms with Crippen molar-refractivity contribution in [3.05, 3.63) is 41.8 Å². The third kappa shape index (κ3) is 1.70. The quantitative estimate of drug-likeness (QED) is 0.724. The fourth-order valence-corrected chi connectivity index (χ4v) is 1.13. The summed E-state index contributed by atoms with van der Waals surface area (Å²) in [5.41, 5.74) is 0.804. The van der Waals surface area contributed by atoms with Crippen molar-refractivity contribution in [1.29, 1.82) is 0 Å². The summed E-state index contributed by atoms with van der Waals surface area (Å²) in [7, 11) is 0. The van der Waals surface area contributed by atoms with Gasteiger partial charge in [0.2, 0.25) is 0 Å². The third-order valence-electron chi connectivity index (χ3n) is 1.67. The monoisotopic (exact) mass is 209 g/mol. The van der Waals surface area contributed by atoms with Gasteiger partial charge in [-0.25, -0.2) is 9.37 Å². The van der Waals surface area contributed by atoms with Crippen LogP contribution in [0.25, 0.3) is 11.3 Å². The molecular formula is C9H5ClFN3. The molecule has 0 fully saturated rings. The molecule has 0 saturated heterocycles. The van der Waals surface area contributed by atoms with Crippen LogP contribution in [-0.4, -0.2) is 15.0 Å². The normalized spacial score (nSPS) is 10.1. The summed E-state index contributed by atoms with van der Waals surface area (Å²) in [5.74, 6) is -0.427. The lowest BCUT2D eigenvalue weighted by Crippen LogP contribution is -1.89. The van der Waals surface area contributed by atoms with E-state index in [1.807, 2.05) is 0 Å². The molecule has 0 radical (unpaired) electrons. The lowest BCUT2D eigenvalue weighted by molar-refractivity contribution is 0.624. The van der Waals surface area contributed by atoms with Crippen molar-refractivity contribution < 1.29 is 4.39 Å². The standard InChI is InChI=1S/C9H5ClFN3/c10-9-5-13-8(4-14-9)6-1-2-12-3-7(6)11/h1-5H. The van der Waals surface area contributed by atoms with Gasteiger partial charge < -0.3 is 0 Å². The molecule has 3 nitrogen and oxygen atoms in total. The zero-order chi connectivity index (χ0) is 9.97. The number of aromatic nitrogens is 3. The minimum Gasteiger partial charge on any atom is -0.262 e. The van der Waals surface area contributed by atoms with E-state index in [0.29, 0.717) is 11.3 Å². The van der Waals surface area contributed by atoms with Crippen LogP contribution in [0.5, 0.6) is 0 Å². The molecule has 14 heavy (non-hydrogen) atoms. The second kappa shape index (κ2) is 3.67. The Morgan fingerprint density at radius 1 is 1.14 bits per heavy atom. The highest BCUT2D eigenvalue weighted by molar-refractivity contribution is 6.29. The van der Waals surface area contributed by atoms with Crippen LogP contribution in [0.15, 0.2) is 30.9 Å². The Morgan fingerprint density at radius 2 is 2.00 bits per heavy atom. The zero-order valence-corrected chi connectivity index (χ0v) is 7.74. The highest BCUT2D eigenvalue weighted by Crippen LogP contribution is 2.18. The summed E-state index contributed by atoms with van der Waals surface area (Å²) in [6.07, 6.45) is 5.41. The van der Waals surface area contributed by atoms with Crippen LogP contribution in [0.4, 0.5) is 4.39 Å². The molecular weight excluding hydrogens is 205 g/mol. The first-order valence-corrected chi connectivity index (χ1v) is 4.22. The number of halogens is 2. The van der Waals surface area contributed by atoms with E-state index in [2.05, 4.69) is 15.0 Å². The Kier molecular flexibility index (Phi) is 2.37. The van der Waals surface area contributed by atoms with Gasteiger partial charge in [-0.1, -0.05) is 11.6 Å². The van der Waals surface area contributed by atoms with E-state index in [-0.39, 0.29) is 5.15 Å². The second-order valence-corrected chi connectivity index (χ2v) is 2.97. The SMILES string of the molecule is Fc1cnccc1-c1cnc(Cl)cn1. The van der Waals surface area contributed by atoms with Gasteiger partial charge in [0.15, 0.2) is 5.82 Å². The van der Waals surface area contributed by atoms with Crippen molar-refractivity contribution in [1.82, 2.24) is 15.0 Å². The zero-order valence-electron chi connectivity index (χ0n) is 6.98. The van der Waals surface area contributed by atoms with Crippen LogP contribution in [0.3, 0.4) is 0 Å². The van der Waals surface area contributed by atoms with Crippen molar-refractivity contribution in [3.63, 3.8) is 0 Å². The average Bonchev–Trinajstić information content (AvgIpc) is 2.20. The van der Waals surface area contributed by atoms with Crippen LogP contribution >= 0.6 is 11.6 Å². The molecule has 0 saturated carbocycles. The summed E-state index contributed by atoms with van der Waals surface area (Å²) in [6, 6.07) is 1.53. The molecule has 2 rings (SSSR count).